The molecular weight excluding hydrogens is 192 g/mol. The minimum atomic E-state index is 1.11. The van der Waals surface area contributed by atoms with Crippen molar-refractivity contribution in [2.45, 2.75) is 90.4 Å². The predicted molar refractivity (Wildman–Crippen MR) is 75.4 cm³/mol. The van der Waals surface area contributed by atoms with Crippen molar-refractivity contribution in [3.8, 4) is 0 Å². The zero-order valence-corrected chi connectivity index (χ0v) is 11.5. The molecule has 2 radical (unpaired) electrons. The molecule has 0 nitrogen and oxygen atoms in total. The number of unbranched alkanes of at least 4 members (excludes halogenated alkanes) is 13. The SMILES string of the molecule is [CH2]CCCCCCC[CH]CCCCCCC. The molecule has 0 aromatic rings. The first-order chi connectivity index (χ1) is 7.91. The summed E-state index contributed by atoms with van der Waals surface area (Å²) in [6.07, 6.45) is 20.4. The summed E-state index contributed by atoms with van der Waals surface area (Å²) in [4.78, 5) is 0. The maximum Gasteiger partial charge on any atom is -0.0386 e. The molecular formula is C16H32. The van der Waals surface area contributed by atoms with Crippen LogP contribution >= 0.6 is 0 Å². The van der Waals surface area contributed by atoms with Crippen LogP contribution in [0, 0.1) is 13.3 Å². The molecule has 0 saturated carbocycles. The molecule has 96 valence electrons. The van der Waals surface area contributed by atoms with Gasteiger partial charge < -0.3 is 0 Å². The molecule has 0 heterocycles. The molecule has 0 atom stereocenters. The Balaban J connectivity index is 2.83. The summed E-state index contributed by atoms with van der Waals surface area (Å²) in [6.45, 7) is 6.15. The van der Waals surface area contributed by atoms with E-state index in [1.165, 1.54) is 77.0 Å². The number of rotatable bonds is 13. The van der Waals surface area contributed by atoms with Gasteiger partial charge in [-0.2, -0.15) is 0 Å². The molecule has 0 N–H and O–H groups in total. The van der Waals surface area contributed by atoms with Crippen LogP contribution in [-0.4, -0.2) is 0 Å². The Labute approximate surface area is 104 Å². The third kappa shape index (κ3) is 14.0. The number of hydrogen-bond donors (Lipinski definition) is 0. The molecule has 0 fully saturated rings. The molecule has 0 bridgehead atoms. The van der Waals surface area contributed by atoms with Gasteiger partial charge in [-0.3, -0.25) is 0 Å². The Morgan fingerprint density at radius 1 is 0.688 bits per heavy atom. The van der Waals surface area contributed by atoms with Crippen LogP contribution in [0.15, 0.2) is 0 Å². The Kier molecular flexibility index (Phi) is 15.0. The highest BCUT2D eigenvalue weighted by Crippen LogP contribution is 2.11. The van der Waals surface area contributed by atoms with Crippen molar-refractivity contribution < 1.29 is 0 Å². The fourth-order valence-corrected chi connectivity index (χ4v) is 2.03. The first kappa shape index (κ1) is 16.0. The quantitative estimate of drug-likeness (QED) is 0.331. The van der Waals surface area contributed by atoms with Crippen LogP contribution < -0.4 is 0 Å². The van der Waals surface area contributed by atoms with Crippen molar-refractivity contribution in [2.24, 2.45) is 0 Å². The van der Waals surface area contributed by atoms with Crippen molar-refractivity contribution in [3.63, 3.8) is 0 Å². The minimum Gasteiger partial charge on any atom is -0.0654 e. The van der Waals surface area contributed by atoms with E-state index in [0.717, 1.165) is 6.42 Å². The highest BCUT2D eigenvalue weighted by molar-refractivity contribution is 4.64. The van der Waals surface area contributed by atoms with E-state index in [1.807, 2.05) is 0 Å². The molecule has 0 saturated heterocycles. The molecule has 0 spiro atoms. The number of hydrogen-bond acceptors (Lipinski definition) is 0. The van der Waals surface area contributed by atoms with E-state index < -0.39 is 0 Å². The highest BCUT2D eigenvalue weighted by atomic mass is 14.0. The summed E-state index contributed by atoms with van der Waals surface area (Å²) in [7, 11) is 0. The van der Waals surface area contributed by atoms with E-state index in [2.05, 4.69) is 20.3 Å². The van der Waals surface area contributed by atoms with Crippen LogP contribution in [0.3, 0.4) is 0 Å². The van der Waals surface area contributed by atoms with Crippen molar-refractivity contribution in [1.29, 1.82) is 0 Å². The topological polar surface area (TPSA) is 0 Å². The van der Waals surface area contributed by atoms with Crippen LogP contribution in [0.2, 0.25) is 0 Å². The fraction of sp³-hybridized carbons (Fsp3) is 0.875. The van der Waals surface area contributed by atoms with Crippen LogP contribution in [0.5, 0.6) is 0 Å². The Morgan fingerprint density at radius 2 is 1.19 bits per heavy atom. The Hall–Kier alpha value is 0. The van der Waals surface area contributed by atoms with Gasteiger partial charge in [-0.25, -0.2) is 0 Å². The van der Waals surface area contributed by atoms with E-state index in [0.29, 0.717) is 0 Å². The van der Waals surface area contributed by atoms with E-state index in [9.17, 15) is 0 Å². The maximum atomic E-state index is 3.87. The summed E-state index contributed by atoms with van der Waals surface area (Å²) >= 11 is 0. The van der Waals surface area contributed by atoms with E-state index in [4.69, 9.17) is 0 Å². The second-order valence-electron chi connectivity index (χ2n) is 4.90. The van der Waals surface area contributed by atoms with Gasteiger partial charge in [0.1, 0.15) is 0 Å². The summed E-state index contributed by atoms with van der Waals surface area (Å²) in [5.41, 5.74) is 0. The van der Waals surface area contributed by atoms with Gasteiger partial charge >= 0.3 is 0 Å². The Morgan fingerprint density at radius 3 is 1.75 bits per heavy atom. The third-order valence-electron chi connectivity index (χ3n) is 3.17. The normalized spacial score (nSPS) is 10.9. The lowest BCUT2D eigenvalue weighted by Crippen LogP contribution is -1.83. The summed E-state index contributed by atoms with van der Waals surface area (Å²) < 4.78 is 0. The van der Waals surface area contributed by atoms with Crippen molar-refractivity contribution >= 4 is 0 Å². The van der Waals surface area contributed by atoms with Gasteiger partial charge in [0.25, 0.3) is 0 Å². The second kappa shape index (κ2) is 15.0. The molecule has 0 unspecified atom stereocenters. The summed E-state index contributed by atoms with van der Waals surface area (Å²) in [6, 6.07) is 0. The largest absolute Gasteiger partial charge is 0.0654 e. The van der Waals surface area contributed by atoms with Crippen molar-refractivity contribution in [2.75, 3.05) is 0 Å². The lowest BCUT2D eigenvalue weighted by atomic mass is 10.0. The molecule has 0 rings (SSSR count). The van der Waals surface area contributed by atoms with Crippen LogP contribution in [0.25, 0.3) is 0 Å². The first-order valence-electron chi connectivity index (χ1n) is 7.52. The van der Waals surface area contributed by atoms with Gasteiger partial charge in [0.15, 0.2) is 0 Å². The smallest absolute Gasteiger partial charge is 0.0386 e. The van der Waals surface area contributed by atoms with Crippen molar-refractivity contribution in [3.05, 3.63) is 13.3 Å². The molecule has 0 aliphatic heterocycles. The maximum absolute atomic E-state index is 3.87. The zero-order chi connectivity index (χ0) is 11.9. The lowest BCUT2D eigenvalue weighted by molar-refractivity contribution is 0.592. The van der Waals surface area contributed by atoms with Crippen LogP contribution in [-0.2, 0) is 0 Å². The monoisotopic (exact) mass is 224 g/mol. The molecule has 0 heteroatoms. The summed E-state index contributed by atoms with van der Waals surface area (Å²) in [5.74, 6) is 0. The Bertz CT molecular complexity index is 92.6. The molecule has 16 heavy (non-hydrogen) atoms. The lowest BCUT2D eigenvalue weighted by Gasteiger charge is -2.02. The third-order valence-corrected chi connectivity index (χ3v) is 3.17. The van der Waals surface area contributed by atoms with Gasteiger partial charge in [-0.1, -0.05) is 97.3 Å². The van der Waals surface area contributed by atoms with E-state index in [1.54, 1.807) is 0 Å². The van der Waals surface area contributed by atoms with E-state index >= 15 is 0 Å². The van der Waals surface area contributed by atoms with Gasteiger partial charge in [0.2, 0.25) is 0 Å². The van der Waals surface area contributed by atoms with Crippen molar-refractivity contribution in [1.82, 2.24) is 0 Å². The average Bonchev–Trinajstić information content (AvgIpc) is 2.31. The first-order valence-corrected chi connectivity index (χ1v) is 7.52. The standard InChI is InChI=1S/C16H32/c1-3-5-7-9-11-13-15-16-14-12-10-8-6-4-2/h16H,1,3-15H2,2H3. The molecule has 0 aliphatic carbocycles. The molecule has 0 aromatic heterocycles. The molecule has 0 aromatic carbocycles. The molecule has 0 amide bonds. The summed E-state index contributed by atoms with van der Waals surface area (Å²) in [5, 5.41) is 0. The minimum absolute atomic E-state index is 1.11. The van der Waals surface area contributed by atoms with Gasteiger partial charge in [0, 0.05) is 0 Å². The second-order valence-corrected chi connectivity index (χ2v) is 4.90. The fourth-order valence-electron chi connectivity index (χ4n) is 2.03. The average molecular weight is 224 g/mol. The van der Waals surface area contributed by atoms with Crippen LogP contribution in [0.1, 0.15) is 90.4 Å². The van der Waals surface area contributed by atoms with Gasteiger partial charge in [-0.15, -0.1) is 0 Å². The van der Waals surface area contributed by atoms with E-state index in [-0.39, 0.29) is 0 Å². The molecule has 0 aliphatic rings. The highest BCUT2D eigenvalue weighted by Gasteiger charge is 1.93. The van der Waals surface area contributed by atoms with Gasteiger partial charge in [0.05, 0.1) is 0 Å². The zero-order valence-electron chi connectivity index (χ0n) is 11.5. The van der Waals surface area contributed by atoms with Crippen LogP contribution in [0.4, 0.5) is 0 Å². The predicted octanol–water partition coefficient (Wildman–Crippen LogP) is 6.12. The van der Waals surface area contributed by atoms with Gasteiger partial charge in [-0.05, 0) is 6.42 Å².